The molecular weight excluding hydrogens is 132 g/mol. The summed E-state index contributed by atoms with van der Waals surface area (Å²) in [5.41, 5.74) is 2.92. The Balaban J connectivity index is 2.43. The van der Waals surface area contributed by atoms with Crippen LogP contribution in [0.4, 0.5) is 0 Å². The lowest BCUT2D eigenvalue weighted by molar-refractivity contribution is 0.422. The van der Waals surface area contributed by atoms with Crippen LogP contribution in [0.2, 0.25) is 0 Å². The van der Waals surface area contributed by atoms with Crippen LogP contribution in [0, 0.1) is 11.8 Å². The minimum absolute atomic E-state index is 0.799. The summed E-state index contributed by atoms with van der Waals surface area (Å²) in [5, 5.41) is 0. The third-order valence-electron chi connectivity index (χ3n) is 2.71. The molecule has 1 aliphatic rings. The van der Waals surface area contributed by atoms with Crippen molar-refractivity contribution < 1.29 is 0 Å². The lowest BCUT2D eigenvalue weighted by Gasteiger charge is -2.13. The molecule has 11 heavy (non-hydrogen) atoms. The zero-order valence-corrected chi connectivity index (χ0v) is 7.47. The predicted molar refractivity (Wildman–Crippen MR) is 49.4 cm³/mol. The third-order valence-corrected chi connectivity index (χ3v) is 2.71. The van der Waals surface area contributed by atoms with Gasteiger partial charge in [-0.3, -0.25) is 0 Å². The number of hydrogen-bond donors (Lipinski definition) is 0. The van der Waals surface area contributed by atoms with Crippen LogP contribution in [0.3, 0.4) is 0 Å². The molecule has 1 aliphatic carbocycles. The predicted octanol–water partition coefficient (Wildman–Crippen LogP) is 3.54. The molecule has 0 saturated heterocycles. The van der Waals surface area contributed by atoms with Crippen molar-refractivity contribution in [3.05, 3.63) is 18.4 Å². The Bertz CT molecular complexity index is 151. The van der Waals surface area contributed by atoms with Gasteiger partial charge >= 0.3 is 0 Å². The largest absolute Gasteiger partial charge is 0.133 e. The Morgan fingerprint density at radius 3 is 3.00 bits per heavy atom. The Kier molecular flexibility index (Phi) is 3.45. The quantitative estimate of drug-likeness (QED) is 0.540. The second-order valence-corrected chi connectivity index (χ2v) is 3.51. The van der Waals surface area contributed by atoms with E-state index in [1.807, 2.05) is 0 Å². The van der Waals surface area contributed by atoms with Crippen LogP contribution >= 0.6 is 0 Å². The molecule has 62 valence electrons. The van der Waals surface area contributed by atoms with Gasteiger partial charge in [0, 0.05) is 0 Å². The lowest BCUT2D eigenvalue weighted by Crippen LogP contribution is -2.03. The minimum atomic E-state index is 0.799. The van der Waals surface area contributed by atoms with E-state index in [0.29, 0.717) is 0 Å². The molecule has 0 N–H and O–H groups in total. The van der Waals surface area contributed by atoms with Crippen LogP contribution in [0.25, 0.3) is 0 Å². The van der Waals surface area contributed by atoms with E-state index in [9.17, 15) is 0 Å². The normalized spacial score (nSPS) is 29.9. The molecule has 1 fully saturated rings. The summed E-state index contributed by atoms with van der Waals surface area (Å²) in [4.78, 5) is 0. The van der Waals surface area contributed by atoms with Crippen molar-refractivity contribution in [3.63, 3.8) is 0 Å². The molecule has 0 aromatic heterocycles. The highest BCUT2D eigenvalue weighted by atomic mass is 14.3. The maximum atomic E-state index is 3.64. The standard InChI is InChI=1S/C11H18/c1-3-6-10-8-5-9-11(10)7-4-2/h6,10-11H,1,4-5,7-9H2,2H3. The molecule has 0 amide bonds. The average molecular weight is 150 g/mol. The SMILES string of the molecule is C=C=CC1CCCC1CCC. The molecule has 0 aromatic carbocycles. The van der Waals surface area contributed by atoms with Crippen molar-refractivity contribution in [3.8, 4) is 0 Å². The van der Waals surface area contributed by atoms with Crippen molar-refractivity contribution in [2.45, 2.75) is 39.0 Å². The summed E-state index contributed by atoms with van der Waals surface area (Å²) >= 11 is 0. The highest BCUT2D eigenvalue weighted by Crippen LogP contribution is 2.35. The second kappa shape index (κ2) is 4.41. The van der Waals surface area contributed by atoms with E-state index in [4.69, 9.17) is 0 Å². The fourth-order valence-corrected chi connectivity index (χ4v) is 2.17. The van der Waals surface area contributed by atoms with E-state index in [1.54, 1.807) is 0 Å². The van der Waals surface area contributed by atoms with Gasteiger partial charge in [-0.15, -0.1) is 5.73 Å². The first-order chi connectivity index (χ1) is 5.38. The van der Waals surface area contributed by atoms with E-state index >= 15 is 0 Å². The molecule has 0 spiro atoms. The van der Waals surface area contributed by atoms with Crippen molar-refractivity contribution in [1.82, 2.24) is 0 Å². The monoisotopic (exact) mass is 150 g/mol. The summed E-state index contributed by atoms with van der Waals surface area (Å²) in [6.07, 6.45) is 9.10. The first kappa shape index (κ1) is 8.62. The van der Waals surface area contributed by atoms with E-state index < -0.39 is 0 Å². The maximum absolute atomic E-state index is 3.64. The molecule has 2 unspecified atom stereocenters. The third kappa shape index (κ3) is 2.24. The second-order valence-electron chi connectivity index (χ2n) is 3.51. The molecule has 0 bridgehead atoms. The molecular formula is C11H18. The fourth-order valence-electron chi connectivity index (χ4n) is 2.17. The molecule has 1 rings (SSSR count). The van der Waals surface area contributed by atoms with Crippen molar-refractivity contribution in [1.29, 1.82) is 0 Å². The van der Waals surface area contributed by atoms with Gasteiger partial charge in [-0.1, -0.05) is 32.8 Å². The summed E-state index contributed by atoms with van der Waals surface area (Å²) < 4.78 is 0. The Morgan fingerprint density at radius 1 is 1.55 bits per heavy atom. The minimum Gasteiger partial charge on any atom is -0.133 e. The smallest absolute Gasteiger partial charge is 0.0129 e. The van der Waals surface area contributed by atoms with Crippen molar-refractivity contribution >= 4 is 0 Å². The van der Waals surface area contributed by atoms with Crippen LogP contribution in [0.15, 0.2) is 18.4 Å². The van der Waals surface area contributed by atoms with Crippen molar-refractivity contribution in [2.75, 3.05) is 0 Å². The topological polar surface area (TPSA) is 0 Å². The van der Waals surface area contributed by atoms with Crippen LogP contribution in [0.5, 0.6) is 0 Å². The summed E-state index contributed by atoms with van der Waals surface area (Å²) in [6.45, 7) is 5.91. The molecule has 0 radical (unpaired) electrons. The van der Waals surface area contributed by atoms with Gasteiger partial charge in [0.05, 0.1) is 0 Å². The lowest BCUT2D eigenvalue weighted by atomic mass is 9.92. The number of allylic oxidation sites excluding steroid dienone is 1. The van der Waals surface area contributed by atoms with Crippen LogP contribution in [0.1, 0.15) is 39.0 Å². The van der Waals surface area contributed by atoms with E-state index in [1.165, 1.54) is 32.1 Å². The molecule has 0 nitrogen and oxygen atoms in total. The first-order valence-electron chi connectivity index (χ1n) is 4.74. The van der Waals surface area contributed by atoms with Gasteiger partial charge in [0.15, 0.2) is 0 Å². The van der Waals surface area contributed by atoms with Gasteiger partial charge in [-0.05, 0) is 30.8 Å². The Hall–Kier alpha value is -0.480. The molecule has 2 atom stereocenters. The zero-order chi connectivity index (χ0) is 8.10. The fraction of sp³-hybridized carbons (Fsp3) is 0.727. The van der Waals surface area contributed by atoms with Gasteiger partial charge in [0.25, 0.3) is 0 Å². The summed E-state index contributed by atoms with van der Waals surface area (Å²) in [5.74, 6) is 1.74. The van der Waals surface area contributed by atoms with Gasteiger partial charge in [0.1, 0.15) is 0 Å². The number of rotatable bonds is 3. The molecule has 1 saturated carbocycles. The summed E-state index contributed by atoms with van der Waals surface area (Å²) in [7, 11) is 0. The van der Waals surface area contributed by atoms with Crippen LogP contribution < -0.4 is 0 Å². The highest BCUT2D eigenvalue weighted by molar-refractivity contribution is 4.92. The maximum Gasteiger partial charge on any atom is -0.0129 e. The molecule has 0 aliphatic heterocycles. The molecule has 0 heterocycles. The highest BCUT2D eigenvalue weighted by Gasteiger charge is 2.23. The van der Waals surface area contributed by atoms with E-state index in [0.717, 1.165) is 11.8 Å². The van der Waals surface area contributed by atoms with Gasteiger partial charge < -0.3 is 0 Å². The van der Waals surface area contributed by atoms with Gasteiger partial charge in [-0.25, -0.2) is 0 Å². The summed E-state index contributed by atoms with van der Waals surface area (Å²) in [6, 6.07) is 0. The van der Waals surface area contributed by atoms with E-state index in [-0.39, 0.29) is 0 Å². The van der Waals surface area contributed by atoms with Crippen molar-refractivity contribution in [2.24, 2.45) is 11.8 Å². The molecule has 0 heteroatoms. The number of hydrogen-bond acceptors (Lipinski definition) is 0. The average Bonchev–Trinajstić information content (AvgIpc) is 2.39. The zero-order valence-electron chi connectivity index (χ0n) is 7.47. The van der Waals surface area contributed by atoms with E-state index in [2.05, 4.69) is 25.3 Å². The van der Waals surface area contributed by atoms with Gasteiger partial charge in [0.2, 0.25) is 0 Å². The Morgan fingerprint density at radius 2 is 2.36 bits per heavy atom. The van der Waals surface area contributed by atoms with Crippen LogP contribution in [-0.4, -0.2) is 0 Å². The Labute approximate surface area is 70.0 Å². The first-order valence-corrected chi connectivity index (χ1v) is 4.74. The van der Waals surface area contributed by atoms with Gasteiger partial charge in [-0.2, -0.15) is 0 Å². The van der Waals surface area contributed by atoms with Crippen LogP contribution in [-0.2, 0) is 0 Å². The molecule has 0 aromatic rings.